The molecule has 0 saturated heterocycles. The van der Waals surface area contributed by atoms with Crippen LogP contribution in [0, 0.1) is 0 Å². The highest BCUT2D eigenvalue weighted by molar-refractivity contribution is 3.51. The molecule has 17 heavy (non-hydrogen) atoms. The summed E-state index contributed by atoms with van der Waals surface area (Å²) in [5.74, 6) is 0. The van der Waals surface area contributed by atoms with Crippen molar-refractivity contribution in [1.29, 1.82) is 0 Å². The molecular weight excluding hydrogens is 211 g/mol. The van der Waals surface area contributed by atoms with Gasteiger partial charge in [0.05, 0.1) is 0 Å². The minimum Gasteiger partial charge on any atom is -0.269 e. The van der Waals surface area contributed by atoms with Gasteiger partial charge in [0.15, 0.2) is 0 Å². The summed E-state index contributed by atoms with van der Waals surface area (Å²) < 4.78 is 0. The molecule has 0 radical (unpaired) electrons. The lowest BCUT2D eigenvalue weighted by atomic mass is 11.0. The molecule has 0 aliphatic heterocycles. The molecule has 0 rings (SSSR count). The van der Waals surface area contributed by atoms with Crippen molar-refractivity contribution >= 4 is 0 Å². The predicted molar refractivity (Wildman–Crippen MR) is 97.5 cm³/mol. The van der Waals surface area contributed by atoms with E-state index in [1.54, 1.807) is 0 Å². The number of rotatable bonds is 0. The highest BCUT2D eigenvalue weighted by atomic mass is 19.0. The van der Waals surface area contributed by atoms with Gasteiger partial charge in [0.25, 0.3) is 0 Å². The Hall–Kier alpha value is -0.0700. The second-order valence-corrected chi connectivity index (χ2v) is 0. The molecule has 0 aromatic heterocycles. The van der Waals surface area contributed by atoms with E-state index >= 15 is 0 Å². The lowest BCUT2D eigenvalue weighted by Gasteiger charge is -1.07. The smallest absolute Gasteiger partial charge is 0.0683 e. The first-order valence-electron chi connectivity index (χ1n) is 6.00. The average molecular weight is 265 g/mol. The van der Waals surface area contributed by atoms with E-state index in [9.17, 15) is 0 Å². The highest BCUT2D eigenvalue weighted by Crippen LogP contribution is 1.15. The molecular formula is C16H53F. The molecule has 0 N–H and O–H groups in total. The molecule has 0 bridgehead atoms. The third kappa shape index (κ3) is 631000. The van der Waals surface area contributed by atoms with Gasteiger partial charge in [-0.25, -0.2) is 0 Å². The van der Waals surface area contributed by atoms with Crippen LogP contribution in [0.1, 0.15) is 113 Å². The van der Waals surface area contributed by atoms with Crippen molar-refractivity contribution in [2.75, 3.05) is 0 Å². The van der Waals surface area contributed by atoms with Crippen molar-refractivity contribution in [3.63, 3.8) is 0 Å². The van der Waals surface area contributed by atoms with E-state index in [0.29, 0.717) is 0 Å². The number of hydrogen-bond acceptors (Lipinski definition) is 0. The molecule has 0 fully saturated rings. The summed E-state index contributed by atoms with van der Waals surface area (Å²) in [4.78, 5) is 0. The predicted octanol–water partition coefficient (Wildman–Crippen LogP) is 8.85. The fourth-order valence-electron chi connectivity index (χ4n) is 0. The average Bonchev–Trinajstić information content (AvgIpc) is 2.33. The van der Waals surface area contributed by atoms with E-state index in [1.165, 1.54) is 0 Å². The Morgan fingerprint density at radius 3 is 0.235 bits per heavy atom. The summed E-state index contributed by atoms with van der Waals surface area (Å²) in [5, 5.41) is 0. The van der Waals surface area contributed by atoms with Gasteiger partial charge >= 0.3 is 0 Å². The summed E-state index contributed by atoms with van der Waals surface area (Å²) in [6, 6.07) is 0. The Bertz CT molecular complexity index is 5.49. The second kappa shape index (κ2) is 725000. The molecule has 0 aromatic carbocycles. The first kappa shape index (κ1) is 122. The Balaban J connectivity index is -0.00000000267. The van der Waals surface area contributed by atoms with E-state index in [2.05, 4.69) is 0 Å². The maximum absolute atomic E-state index is 2.00. The van der Waals surface area contributed by atoms with Gasteiger partial charge in [-0.1, -0.05) is 113 Å². The molecule has 0 heterocycles. The lowest BCUT2D eigenvalue weighted by Crippen LogP contribution is -0.856. The zero-order valence-electron chi connectivity index (χ0n) is 12.4. The summed E-state index contributed by atoms with van der Waals surface area (Å²) in [7, 11) is 0. The standard InChI is InChI=1S/6C2H6.4CH4.FH/c6*1-2;;;;;/h6*1-2H3;4*1H4;1H. The van der Waals surface area contributed by atoms with Crippen molar-refractivity contribution in [2.24, 2.45) is 0 Å². The minimum absolute atomic E-state index is 0. The van der Waals surface area contributed by atoms with Gasteiger partial charge in [0.2, 0.25) is 0 Å². The van der Waals surface area contributed by atoms with E-state index < -0.39 is 0 Å². The third-order valence-electron chi connectivity index (χ3n) is 0. The van der Waals surface area contributed by atoms with Crippen LogP contribution in [0.3, 0.4) is 0 Å². The van der Waals surface area contributed by atoms with Crippen molar-refractivity contribution in [3.8, 4) is 0 Å². The van der Waals surface area contributed by atoms with Gasteiger partial charge in [0, 0.05) is 0 Å². The largest absolute Gasteiger partial charge is 0.269 e. The second-order valence-electron chi connectivity index (χ2n) is 0. The van der Waals surface area contributed by atoms with Crippen LogP contribution in [0.2, 0.25) is 0 Å². The molecule has 0 aliphatic rings. The van der Waals surface area contributed by atoms with Crippen molar-refractivity contribution < 1.29 is 4.70 Å². The summed E-state index contributed by atoms with van der Waals surface area (Å²) in [5.41, 5.74) is 0. The molecule has 0 saturated carbocycles. The third-order valence-corrected chi connectivity index (χ3v) is 0. The lowest BCUT2D eigenvalue weighted by molar-refractivity contribution is 1.11. The Morgan fingerprint density at radius 1 is 0.235 bits per heavy atom. The van der Waals surface area contributed by atoms with Crippen molar-refractivity contribution in [1.82, 2.24) is 0 Å². The van der Waals surface area contributed by atoms with Crippen LogP contribution < -0.4 is 0 Å². The van der Waals surface area contributed by atoms with Crippen molar-refractivity contribution in [3.05, 3.63) is 0 Å². The molecule has 0 amide bonds. The summed E-state index contributed by atoms with van der Waals surface area (Å²) in [6.07, 6.45) is 0. The molecule has 0 nitrogen and oxygen atoms in total. The molecule has 0 atom stereocenters. The zero-order valence-corrected chi connectivity index (χ0v) is 12.4. The molecule has 0 aliphatic carbocycles. The molecule has 0 aromatic rings. The molecule has 0 spiro atoms. The van der Waals surface area contributed by atoms with Crippen LogP contribution in [0.4, 0.5) is 4.70 Å². The van der Waals surface area contributed by atoms with E-state index in [0.717, 1.165) is 0 Å². The van der Waals surface area contributed by atoms with Crippen LogP contribution in [-0.4, -0.2) is 0 Å². The Labute approximate surface area is 118 Å². The van der Waals surface area contributed by atoms with Crippen molar-refractivity contribution in [2.45, 2.75) is 113 Å². The zero-order chi connectivity index (χ0) is 12.0. The molecule has 0 unspecified atom stereocenters. The van der Waals surface area contributed by atoms with Crippen LogP contribution >= 0.6 is 0 Å². The first-order chi connectivity index (χ1) is 6.00. The number of hydrogen-bond donors (Lipinski definition) is 0. The monoisotopic (exact) mass is 264 g/mol. The molecule has 1 heteroatoms. The summed E-state index contributed by atoms with van der Waals surface area (Å²) in [6.45, 7) is 24.0. The van der Waals surface area contributed by atoms with Gasteiger partial charge < -0.3 is 0 Å². The first-order valence-corrected chi connectivity index (χ1v) is 6.00. The number of halogens is 1. The highest BCUT2D eigenvalue weighted by Gasteiger charge is 0.942. The molecule has 124 valence electrons. The SMILES string of the molecule is C.C.C.C.CC.CC.CC.CC.CC.CC.F. The van der Waals surface area contributed by atoms with Gasteiger partial charge in [0.1, 0.15) is 0 Å². The van der Waals surface area contributed by atoms with E-state index in [1.807, 2.05) is 83.1 Å². The Morgan fingerprint density at radius 2 is 0.235 bits per heavy atom. The quantitative estimate of drug-likeness (QED) is 0.410. The van der Waals surface area contributed by atoms with E-state index in [4.69, 9.17) is 0 Å². The van der Waals surface area contributed by atoms with Crippen LogP contribution in [-0.2, 0) is 0 Å². The maximum atomic E-state index is 2.00. The fraction of sp³-hybridized carbons (Fsp3) is 1.00. The normalized spacial score (nSPS) is 2.12. The topological polar surface area (TPSA) is 0 Å². The van der Waals surface area contributed by atoms with Crippen LogP contribution in [0.25, 0.3) is 0 Å². The minimum atomic E-state index is 0. The van der Waals surface area contributed by atoms with Gasteiger partial charge in [-0.2, -0.15) is 0 Å². The maximum Gasteiger partial charge on any atom is -0.0683 e. The van der Waals surface area contributed by atoms with Gasteiger partial charge in [-0.3, -0.25) is 4.70 Å². The van der Waals surface area contributed by atoms with Crippen LogP contribution in [0.15, 0.2) is 0 Å². The van der Waals surface area contributed by atoms with Gasteiger partial charge in [-0.05, 0) is 0 Å². The Kier molecular flexibility index (Phi) is 5210000. The fourth-order valence-corrected chi connectivity index (χ4v) is 0. The van der Waals surface area contributed by atoms with E-state index in [-0.39, 0.29) is 34.4 Å². The van der Waals surface area contributed by atoms with Crippen LogP contribution in [0.5, 0.6) is 0 Å². The summed E-state index contributed by atoms with van der Waals surface area (Å²) >= 11 is 0. The van der Waals surface area contributed by atoms with Gasteiger partial charge in [-0.15, -0.1) is 0 Å².